The number of unbranched alkanes of at least 4 members (excludes halogenated alkanes) is 4. The summed E-state index contributed by atoms with van der Waals surface area (Å²) in [4.78, 5) is 0. The molecule has 0 aromatic heterocycles. The number of nitrogens with zero attached hydrogens (tertiary/aromatic N) is 1. The van der Waals surface area contributed by atoms with Gasteiger partial charge >= 0.3 is 0 Å². The summed E-state index contributed by atoms with van der Waals surface area (Å²) in [6.07, 6.45) is 7.14. The van der Waals surface area contributed by atoms with E-state index in [0.29, 0.717) is 0 Å². The van der Waals surface area contributed by atoms with Crippen LogP contribution in [-0.2, 0) is 0 Å². The third kappa shape index (κ3) is 11.9. The third-order valence-electron chi connectivity index (χ3n) is 2.04. The number of nitrogens with two attached hydrogens (primary N) is 2. The molecule has 0 aromatic rings. The Labute approximate surface area is 82.3 Å². The van der Waals surface area contributed by atoms with Crippen LogP contribution < -0.4 is 16.8 Å². The van der Waals surface area contributed by atoms with Gasteiger partial charge in [0.1, 0.15) is 0 Å². The van der Waals surface area contributed by atoms with Crippen LogP contribution in [0.4, 0.5) is 0 Å². The molecule has 4 N–H and O–H groups in total. The first kappa shape index (κ1) is 12.9. The molecule has 0 atom stereocenters. The van der Waals surface area contributed by atoms with Gasteiger partial charge in [0.05, 0.1) is 0 Å². The molecular formula is C10H24N3. The van der Waals surface area contributed by atoms with Gasteiger partial charge in [0.2, 0.25) is 0 Å². The van der Waals surface area contributed by atoms with Gasteiger partial charge in [-0.1, -0.05) is 12.8 Å². The van der Waals surface area contributed by atoms with Crippen LogP contribution in [0.5, 0.6) is 0 Å². The van der Waals surface area contributed by atoms with Crippen molar-refractivity contribution in [3.8, 4) is 0 Å². The van der Waals surface area contributed by atoms with Crippen LogP contribution in [0.15, 0.2) is 0 Å². The third-order valence-corrected chi connectivity index (χ3v) is 2.04. The van der Waals surface area contributed by atoms with Gasteiger partial charge in [-0.15, -0.1) is 0 Å². The van der Waals surface area contributed by atoms with Crippen LogP contribution in [0.2, 0.25) is 0 Å². The highest BCUT2D eigenvalue weighted by molar-refractivity contribution is 4.50. The Balaban J connectivity index is 2.76. The summed E-state index contributed by atoms with van der Waals surface area (Å²) >= 11 is 0. The van der Waals surface area contributed by atoms with E-state index < -0.39 is 0 Å². The lowest BCUT2D eigenvalue weighted by atomic mass is 10.2. The zero-order chi connectivity index (χ0) is 9.78. The standard InChI is InChI=1S/C10H24N3/c11-7-3-1-5-9-13-10-6-2-4-8-12/h1-12H2. The lowest BCUT2D eigenvalue weighted by Gasteiger charge is -2.01. The Bertz CT molecular complexity index is 76.2. The van der Waals surface area contributed by atoms with Gasteiger partial charge in [0.25, 0.3) is 0 Å². The van der Waals surface area contributed by atoms with Gasteiger partial charge in [0, 0.05) is 13.1 Å². The number of rotatable bonds is 10. The van der Waals surface area contributed by atoms with Crippen molar-refractivity contribution in [3.63, 3.8) is 0 Å². The van der Waals surface area contributed by atoms with Crippen molar-refractivity contribution in [2.24, 2.45) is 11.5 Å². The predicted octanol–water partition coefficient (Wildman–Crippen LogP) is 0.849. The van der Waals surface area contributed by atoms with E-state index in [0.717, 1.165) is 39.0 Å². The summed E-state index contributed by atoms with van der Waals surface area (Å²) in [6, 6.07) is 0. The fraction of sp³-hybridized carbons (Fsp3) is 1.00. The van der Waals surface area contributed by atoms with Crippen LogP contribution in [0.25, 0.3) is 0 Å². The summed E-state index contributed by atoms with van der Waals surface area (Å²) < 4.78 is 0. The molecule has 13 heavy (non-hydrogen) atoms. The minimum atomic E-state index is 0.816. The van der Waals surface area contributed by atoms with Gasteiger partial charge in [-0.3, -0.25) is 0 Å². The average molecular weight is 186 g/mol. The zero-order valence-corrected chi connectivity index (χ0v) is 8.67. The molecule has 1 radical (unpaired) electrons. The quantitative estimate of drug-likeness (QED) is 0.497. The van der Waals surface area contributed by atoms with E-state index in [1.807, 2.05) is 0 Å². The highest BCUT2D eigenvalue weighted by Crippen LogP contribution is 1.94. The molecule has 3 nitrogen and oxygen atoms in total. The van der Waals surface area contributed by atoms with E-state index in [4.69, 9.17) is 11.5 Å². The van der Waals surface area contributed by atoms with Gasteiger partial charge in [0.15, 0.2) is 0 Å². The summed E-state index contributed by atoms with van der Waals surface area (Å²) in [6.45, 7) is 3.66. The Morgan fingerprint density at radius 2 is 1.08 bits per heavy atom. The Hall–Kier alpha value is -0.120. The number of hydrogen-bond donors (Lipinski definition) is 2. The Morgan fingerprint density at radius 1 is 0.615 bits per heavy atom. The summed E-state index contributed by atoms with van der Waals surface area (Å²) in [5.41, 5.74) is 10.8. The fourth-order valence-electron chi connectivity index (χ4n) is 1.20. The second kappa shape index (κ2) is 11.9. The lowest BCUT2D eigenvalue weighted by molar-refractivity contribution is 0.564. The molecule has 0 unspecified atom stereocenters. The first-order valence-corrected chi connectivity index (χ1v) is 5.45. The average Bonchev–Trinajstić information content (AvgIpc) is 2.16. The first-order chi connectivity index (χ1) is 6.41. The fourth-order valence-corrected chi connectivity index (χ4v) is 1.20. The van der Waals surface area contributed by atoms with E-state index in [1.165, 1.54) is 25.7 Å². The maximum Gasteiger partial charge on any atom is 0.0133 e. The molecule has 0 spiro atoms. The molecule has 79 valence electrons. The van der Waals surface area contributed by atoms with Crippen molar-refractivity contribution >= 4 is 0 Å². The largest absolute Gasteiger partial charge is 0.330 e. The van der Waals surface area contributed by atoms with Crippen molar-refractivity contribution in [3.05, 3.63) is 0 Å². The summed E-state index contributed by atoms with van der Waals surface area (Å²) in [7, 11) is 0. The normalized spacial score (nSPS) is 10.6. The van der Waals surface area contributed by atoms with E-state index in [1.54, 1.807) is 0 Å². The molecule has 0 aliphatic carbocycles. The smallest absolute Gasteiger partial charge is 0.0133 e. The van der Waals surface area contributed by atoms with Crippen molar-refractivity contribution in [1.82, 2.24) is 5.32 Å². The Kier molecular flexibility index (Phi) is 11.8. The van der Waals surface area contributed by atoms with Crippen LogP contribution in [0.3, 0.4) is 0 Å². The first-order valence-electron chi connectivity index (χ1n) is 5.45. The molecule has 0 saturated carbocycles. The molecule has 0 aliphatic rings. The zero-order valence-electron chi connectivity index (χ0n) is 8.67. The van der Waals surface area contributed by atoms with Crippen molar-refractivity contribution in [2.45, 2.75) is 38.5 Å². The van der Waals surface area contributed by atoms with Crippen LogP contribution in [0, 0.1) is 0 Å². The summed E-state index contributed by atoms with van der Waals surface area (Å²) in [5, 5.41) is 4.43. The highest BCUT2D eigenvalue weighted by atomic mass is 14.8. The van der Waals surface area contributed by atoms with E-state index in [2.05, 4.69) is 5.32 Å². The predicted molar refractivity (Wildman–Crippen MR) is 57.7 cm³/mol. The van der Waals surface area contributed by atoms with Crippen LogP contribution in [0.1, 0.15) is 38.5 Å². The maximum atomic E-state index is 5.38. The second-order valence-electron chi connectivity index (χ2n) is 3.37. The van der Waals surface area contributed by atoms with Crippen molar-refractivity contribution in [1.29, 1.82) is 0 Å². The Morgan fingerprint density at radius 3 is 1.46 bits per heavy atom. The minimum absolute atomic E-state index is 0.816. The second-order valence-corrected chi connectivity index (χ2v) is 3.37. The molecule has 0 aliphatic heterocycles. The molecule has 0 amide bonds. The number of hydrogen-bond acceptors (Lipinski definition) is 2. The monoisotopic (exact) mass is 186 g/mol. The molecule has 0 heterocycles. The molecule has 0 rings (SSSR count). The maximum absolute atomic E-state index is 5.38. The minimum Gasteiger partial charge on any atom is -0.330 e. The highest BCUT2D eigenvalue weighted by Gasteiger charge is 1.90. The molecular weight excluding hydrogens is 162 g/mol. The topological polar surface area (TPSA) is 66.1 Å². The van der Waals surface area contributed by atoms with E-state index in [-0.39, 0.29) is 0 Å². The van der Waals surface area contributed by atoms with E-state index >= 15 is 0 Å². The molecule has 0 fully saturated rings. The molecule has 0 bridgehead atoms. The molecule has 0 aromatic carbocycles. The lowest BCUT2D eigenvalue weighted by Crippen LogP contribution is -2.09. The molecule has 3 heteroatoms. The van der Waals surface area contributed by atoms with E-state index in [9.17, 15) is 0 Å². The van der Waals surface area contributed by atoms with Crippen LogP contribution >= 0.6 is 0 Å². The van der Waals surface area contributed by atoms with Crippen LogP contribution in [-0.4, -0.2) is 26.2 Å². The van der Waals surface area contributed by atoms with Gasteiger partial charge in [-0.05, 0) is 38.8 Å². The van der Waals surface area contributed by atoms with Gasteiger partial charge in [-0.2, -0.15) is 0 Å². The molecule has 0 saturated heterocycles. The van der Waals surface area contributed by atoms with Gasteiger partial charge < -0.3 is 11.5 Å². The van der Waals surface area contributed by atoms with Crippen molar-refractivity contribution in [2.75, 3.05) is 26.2 Å². The van der Waals surface area contributed by atoms with Gasteiger partial charge in [-0.25, -0.2) is 5.32 Å². The van der Waals surface area contributed by atoms with Crippen molar-refractivity contribution < 1.29 is 0 Å². The summed E-state index contributed by atoms with van der Waals surface area (Å²) in [5.74, 6) is 0. The SMILES string of the molecule is NCCCCC[N]CCCCCN.